The number of para-hydroxylation sites is 1. The fourth-order valence-corrected chi connectivity index (χ4v) is 1.09. The smallest absolute Gasteiger partial charge is 0.119 e. The number of nitrogens with zero attached hydrogens (tertiary/aromatic N) is 1. The molecule has 0 unspecified atom stereocenters. The number of hydroxylamine groups is 2. The summed E-state index contributed by atoms with van der Waals surface area (Å²) in [5.41, 5.74) is 1.16. The van der Waals surface area contributed by atoms with Gasteiger partial charge in [0, 0.05) is 14.1 Å². The zero-order valence-electron chi connectivity index (χ0n) is 10.1. The van der Waals surface area contributed by atoms with Crippen molar-refractivity contribution in [3.63, 3.8) is 0 Å². The maximum Gasteiger partial charge on any atom is 0.119 e. The SMILES string of the molecule is C/C(=C\COc1ccccc1)CON(C)C. The Labute approximate surface area is 97.2 Å². The van der Waals surface area contributed by atoms with Gasteiger partial charge in [-0.3, -0.25) is 4.84 Å². The number of benzene rings is 1. The van der Waals surface area contributed by atoms with Gasteiger partial charge in [-0.25, -0.2) is 0 Å². The van der Waals surface area contributed by atoms with E-state index in [1.165, 1.54) is 0 Å². The molecule has 0 radical (unpaired) electrons. The second-order valence-corrected chi connectivity index (χ2v) is 3.76. The Hall–Kier alpha value is -1.32. The quantitative estimate of drug-likeness (QED) is 0.544. The lowest BCUT2D eigenvalue weighted by atomic mass is 10.3. The van der Waals surface area contributed by atoms with E-state index < -0.39 is 0 Å². The van der Waals surface area contributed by atoms with Crippen LogP contribution in [0.3, 0.4) is 0 Å². The first-order chi connectivity index (χ1) is 7.68. The molecule has 3 heteroatoms. The van der Waals surface area contributed by atoms with Gasteiger partial charge in [0.25, 0.3) is 0 Å². The second-order valence-electron chi connectivity index (χ2n) is 3.76. The highest BCUT2D eigenvalue weighted by atomic mass is 16.7. The van der Waals surface area contributed by atoms with Gasteiger partial charge >= 0.3 is 0 Å². The summed E-state index contributed by atoms with van der Waals surface area (Å²) in [5, 5.41) is 1.69. The van der Waals surface area contributed by atoms with Crippen molar-refractivity contribution in [2.75, 3.05) is 27.3 Å². The van der Waals surface area contributed by atoms with Gasteiger partial charge in [-0.05, 0) is 30.7 Å². The van der Waals surface area contributed by atoms with Crippen LogP contribution in [0.4, 0.5) is 0 Å². The van der Waals surface area contributed by atoms with Crippen molar-refractivity contribution in [1.82, 2.24) is 5.06 Å². The van der Waals surface area contributed by atoms with Crippen LogP contribution in [0.5, 0.6) is 5.75 Å². The highest BCUT2D eigenvalue weighted by Crippen LogP contribution is 2.08. The van der Waals surface area contributed by atoms with Crippen LogP contribution >= 0.6 is 0 Å². The summed E-state index contributed by atoms with van der Waals surface area (Å²) < 4.78 is 5.54. The third kappa shape index (κ3) is 5.53. The molecule has 0 bridgehead atoms. The van der Waals surface area contributed by atoms with Crippen molar-refractivity contribution in [1.29, 1.82) is 0 Å². The maximum absolute atomic E-state index is 5.54. The summed E-state index contributed by atoms with van der Waals surface area (Å²) in [6.45, 7) is 3.20. The molecule has 1 aromatic carbocycles. The summed E-state index contributed by atoms with van der Waals surface area (Å²) >= 11 is 0. The van der Waals surface area contributed by atoms with Crippen LogP contribution in [-0.2, 0) is 4.84 Å². The van der Waals surface area contributed by atoms with Crippen molar-refractivity contribution in [2.45, 2.75) is 6.92 Å². The second kappa shape index (κ2) is 7.04. The van der Waals surface area contributed by atoms with Crippen molar-refractivity contribution < 1.29 is 9.57 Å². The van der Waals surface area contributed by atoms with E-state index in [0.29, 0.717) is 13.2 Å². The van der Waals surface area contributed by atoms with Crippen molar-refractivity contribution in [3.8, 4) is 5.75 Å². The van der Waals surface area contributed by atoms with Gasteiger partial charge < -0.3 is 4.74 Å². The highest BCUT2D eigenvalue weighted by Gasteiger charge is 1.93. The topological polar surface area (TPSA) is 21.7 Å². The molecule has 0 amide bonds. The first-order valence-electron chi connectivity index (χ1n) is 5.32. The fraction of sp³-hybridized carbons (Fsp3) is 0.385. The molecule has 0 atom stereocenters. The summed E-state index contributed by atoms with van der Waals surface area (Å²) in [6, 6.07) is 9.78. The Morgan fingerprint density at radius 1 is 1.25 bits per heavy atom. The van der Waals surface area contributed by atoms with Gasteiger partial charge in [-0.1, -0.05) is 18.2 Å². The van der Waals surface area contributed by atoms with Gasteiger partial charge in [0.05, 0.1) is 6.61 Å². The minimum atomic E-state index is 0.576. The standard InChI is InChI=1S/C13H19NO2/c1-12(11-16-14(2)3)9-10-15-13-7-5-4-6-8-13/h4-9H,10-11H2,1-3H3/b12-9+. The molecule has 16 heavy (non-hydrogen) atoms. The maximum atomic E-state index is 5.54. The van der Waals surface area contributed by atoms with Crippen LogP contribution in [-0.4, -0.2) is 32.4 Å². The Bertz CT molecular complexity index is 320. The molecule has 0 saturated heterocycles. The molecule has 0 aliphatic rings. The Morgan fingerprint density at radius 2 is 1.94 bits per heavy atom. The van der Waals surface area contributed by atoms with E-state index >= 15 is 0 Å². The largest absolute Gasteiger partial charge is 0.490 e. The molecule has 1 rings (SSSR count). The van der Waals surface area contributed by atoms with E-state index in [0.717, 1.165) is 11.3 Å². The van der Waals surface area contributed by atoms with Gasteiger partial charge in [0.1, 0.15) is 12.4 Å². The van der Waals surface area contributed by atoms with Gasteiger partial charge in [0.2, 0.25) is 0 Å². The van der Waals surface area contributed by atoms with E-state index in [9.17, 15) is 0 Å². The number of hydrogen-bond donors (Lipinski definition) is 0. The lowest BCUT2D eigenvalue weighted by molar-refractivity contribution is -0.109. The van der Waals surface area contributed by atoms with Crippen LogP contribution in [0, 0.1) is 0 Å². The Kier molecular flexibility index (Phi) is 5.61. The van der Waals surface area contributed by atoms with Crippen LogP contribution in [0.25, 0.3) is 0 Å². The highest BCUT2D eigenvalue weighted by molar-refractivity contribution is 5.21. The molecule has 0 aliphatic carbocycles. The van der Waals surface area contributed by atoms with Gasteiger partial charge in [0.15, 0.2) is 0 Å². The first-order valence-corrected chi connectivity index (χ1v) is 5.32. The predicted octanol–water partition coefficient (Wildman–Crippen LogP) is 2.50. The van der Waals surface area contributed by atoms with E-state index in [1.54, 1.807) is 5.06 Å². The molecule has 0 N–H and O–H groups in total. The zero-order valence-corrected chi connectivity index (χ0v) is 10.1. The zero-order chi connectivity index (χ0) is 11.8. The molecule has 0 fully saturated rings. The minimum absolute atomic E-state index is 0.576. The molecular weight excluding hydrogens is 202 g/mol. The number of ether oxygens (including phenoxy) is 1. The third-order valence-electron chi connectivity index (χ3n) is 1.98. The van der Waals surface area contributed by atoms with E-state index in [4.69, 9.17) is 9.57 Å². The van der Waals surface area contributed by atoms with Crippen LogP contribution in [0.2, 0.25) is 0 Å². The minimum Gasteiger partial charge on any atom is -0.490 e. The molecule has 3 nitrogen and oxygen atoms in total. The van der Waals surface area contributed by atoms with Crippen molar-refractivity contribution >= 4 is 0 Å². The predicted molar refractivity (Wildman–Crippen MR) is 65.3 cm³/mol. The van der Waals surface area contributed by atoms with E-state index in [-0.39, 0.29) is 0 Å². The van der Waals surface area contributed by atoms with Crippen molar-refractivity contribution in [3.05, 3.63) is 42.0 Å². The third-order valence-corrected chi connectivity index (χ3v) is 1.98. The molecule has 0 aliphatic heterocycles. The van der Waals surface area contributed by atoms with Crippen molar-refractivity contribution in [2.24, 2.45) is 0 Å². The lowest BCUT2D eigenvalue weighted by Gasteiger charge is -2.10. The Balaban J connectivity index is 2.26. The summed E-state index contributed by atoms with van der Waals surface area (Å²) in [7, 11) is 3.74. The summed E-state index contributed by atoms with van der Waals surface area (Å²) in [5.74, 6) is 0.889. The molecule has 0 saturated carbocycles. The van der Waals surface area contributed by atoms with E-state index in [1.807, 2.05) is 57.4 Å². The molecule has 88 valence electrons. The molecular formula is C13H19NO2. The molecule has 1 aromatic rings. The monoisotopic (exact) mass is 221 g/mol. The van der Waals surface area contributed by atoms with E-state index in [2.05, 4.69) is 0 Å². The molecule has 0 aromatic heterocycles. The lowest BCUT2D eigenvalue weighted by Crippen LogP contribution is -2.14. The van der Waals surface area contributed by atoms with Gasteiger partial charge in [-0.15, -0.1) is 0 Å². The normalized spacial score (nSPS) is 11.9. The van der Waals surface area contributed by atoms with Gasteiger partial charge in [-0.2, -0.15) is 5.06 Å². The molecule has 0 heterocycles. The van der Waals surface area contributed by atoms with Crippen LogP contribution in [0.1, 0.15) is 6.92 Å². The van der Waals surface area contributed by atoms with Crippen LogP contribution in [0.15, 0.2) is 42.0 Å². The average Bonchev–Trinajstić information content (AvgIpc) is 2.28. The average molecular weight is 221 g/mol. The number of hydrogen-bond acceptors (Lipinski definition) is 3. The number of rotatable bonds is 6. The van der Waals surface area contributed by atoms with Crippen LogP contribution < -0.4 is 4.74 Å². The molecule has 0 spiro atoms. The Morgan fingerprint density at radius 3 is 2.56 bits per heavy atom. The summed E-state index contributed by atoms with van der Waals surface area (Å²) in [4.78, 5) is 5.32. The summed E-state index contributed by atoms with van der Waals surface area (Å²) in [6.07, 6.45) is 2.02. The fourth-order valence-electron chi connectivity index (χ4n) is 1.09. The first kappa shape index (κ1) is 12.7.